The maximum absolute atomic E-state index is 13.8. The second kappa shape index (κ2) is 25.1. The summed E-state index contributed by atoms with van der Waals surface area (Å²) in [5.74, 6) is -4.68. The van der Waals surface area contributed by atoms with Gasteiger partial charge in [-0.3, -0.25) is 58.1 Å². The topological polar surface area (TPSA) is 373 Å². The molecular weight excluding hydrogens is 1040 g/mol. The molecule has 3 aromatic rings. The van der Waals surface area contributed by atoms with Crippen molar-refractivity contribution in [2.45, 2.75) is 127 Å². The van der Waals surface area contributed by atoms with Gasteiger partial charge in [-0.25, -0.2) is 15.0 Å². The van der Waals surface area contributed by atoms with Crippen molar-refractivity contribution in [3.05, 3.63) is 47.4 Å². The Kier molecular flexibility index (Phi) is 18.3. The van der Waals surface area contributed by atoms with E-state index in [4.69, 9.17) is 27.6 Å². The first-order valence-corrected chi connectivity index (χ1v) is 26.9. The average molecular weight is 1100 g/mol. The molecule has 7 heterocycles. The van der Waals surface area contributed by atoms with Crippen LogP contribution in [0.1, 0.15) is 78.4 Å². The maximum Gasteiger partial charge on any atom is 0.697 e. The van der Waals surface area contributed by atoms with Crippen LogP contribution >= 0.6 is 16.5 Å². The first kappa shape index (κ1) is 55.6. The van der Waals surface area contributed by atoms with Crippen molar-refractivity contribution < 1.29 is 75.4 Å². The van der Waals surface area contributed by atoms with Crippen LogP contribution < -0.4 is 31.6 Å². The van der Waals surface area contributed by atoms with E-state index >= 15 is 0 Å². The lowest BCUT2D eigenvalue weighted by Crippen LogP contribution is -2.55. The molecule has 76 heavy (non-hydrogen) atoms. The first-order chi connectivity index (χ1) is 36.4. The number of rotatable bonds is 18. The van der Waals surface area contributed by atoms with Crippen LogP contribution in [-0.4, -0.2) is 167 Å². The van der Waals surface area contributed by atoms with E-state index in [1.165, 1.54) is 41.1 Å². The van der Waals surface area contributed by atoms with Crippen LogP contribution in [0.4, 0.5) is 5.95 Å². The van der Waals surface area contributed by atoms with Gasteiger partial charge in [0.15, 0.2) is 23.5 Å². The summed E-state index contributed by atoms with van der Waals surface area (Å²) in [5.41, 5.74) is -1.17. The predicted molar refractivity (Wildman–Crippen MR) is 259 cm³/mol. The van der Waals surface area contributed by atoms with Gasteiger partial charge >= 0.3 is 16.5 Å². The molecule has 408 valence electrons. The van der Waals surface area contributed by atoms with Crippen LogP contribution in [0.2, 0.25) is 0 Å². The SMILES string of the molecule is CC(C)[C@H](NC(=O)CCCCCN1C(=O)C=CC1=O)C(=O)N[C@@H](C)C(=O)NCC(=O)N1CCC[C@@H]1C(=O)Nc1nc2c(ncn2[C@@H]2O[C@@H]3CO[P+](=O)O[C@H]4C[C@H](Oc5ccncn5)C[C@@H]4CO[P+](=O)O[C@@H]2[C@@H]3O)c(=O)[nH]1. The van der Waals surface area contributed by atoms with E-state index in [0.29, 0.717) is 38.0 Å². The molecule has 31 heteroatoms. The van der Waals surface area contributed by atoms with E-state index in [0.717, 1.165) is 11.2 Å². The van der Waals surface area contributed by atoms with Gasteiger partial charge in [0.1, 0.15) is 62.1 Å². The number of aromatic nitrogens is 6. The summed E-state index contributed by atoms with van der Waals surface area (Å²) in [6, 6.07) is -1.59. The lowest BCUT2D eigenvalue weighted by atomic mass is 10.0. The number of aliphatic hydroxyl groups excluding tert-OH is 1. The number of anilines is 1. The molecule has 8 rings (SSSR count). The number of aromatic amines is 1. The fourth-order valence-corrected chi connectivity index (χ4v) is 11.0. The predicted octanol–water partition coefficient (Wildman–Crippen LogP) is 0.334. The summed E-state index contributed by atoms with van der Waals surface area (Å²) >= 11 is 0. The number of amides is 7. The molecule has 0 spiro atoms. The highest BCUT2D eigenvalue weighted by Crippen LogP contribution is 2.44. The van der Waals surface area contributed by atoms with E-state index in [1.807, 2.05) is 0 Å². The number of unbranched alkanes of at least 4 members (excludes halogenated alkanes) is 2. The fraction of sp³-hybridized carbons (Fsp3) is 0.600. The summed E-state index contributed by atoms with van der Waals surface area (Å²) in [6.45, 7) is 4.05. The monoisotopic (exact) mass is 1100 g/mol. The molecule has 1 aliphatic carbocycles. The van der Waals surface area contributed by atoms with Crippen LogP contribution in [0.15, 0.2) is 41.9 Å². The summed E-state index contributed by atoms with van der Waals surface area (Å²) in [5, 5.41) is 21.7. The van der Waals surface area contributed by atoms with Crippen molar-refractivity contribution in [3.8, 4) is 5.88 Å². The fourth-order valence-electron chi connectivity index (χ4n) is 9.37. The van der Waals surface area contributed by atoms with E-state index in [1.54, 1.807) is 19.9 Å². The highest BCUT2D eigenvalue weighted by atomic mass is 31.1. The molecule has 3 aromatic heterocycles. The first-order valence-electron chi connectivity index (χ1n) is 24.7. The van der Waals surface area contributed by atoms with Crippen molar-refractivity contribution in [3.63, 3.8) is 0 Å². The number of carbonyl (C=O) groups is 7. The highest BCUT2D eigenvalue weighted by Gasteiger charge is 2.54. The Balaban J connectivity index is 0.836. The van der Waals surface area contributed by atoms with Crippen LogP contribution in [-0.2, 0) is 65.5 Å². The third kappa shape index (κ3) is 13.5. The van der Waals surface area contributed by atoms with Gasteiger partial charge in [-0.1, -0.05) is 20.3 Å². The van der Waals surface area contributed by atoms with Gasteiger partial charge in [-0.15, -0.1) is 18.1 Å². The van der Waals surface area contributed by atoms with Crippen molar-refractivity contribution in [2.24, 2.45) is 11.8 Å². The largest absolute Gasteiger partial charge is 0.697 e. The summed E-state index contributed by atoms with van der Waals surface area (Å²) in [7, 11) is -5.72. The second-order valence-corrected chi connectivity index (χ2v) is 20.8. The number of ether oxygens (including phenoxy) is 2. The Morgan fingerprint density at radius 3 is 2.45 bits per heavy atom. The van der Waals surface area contributed by atoms with Crippen molar-refractivity contribution in [2.75, 3.05) is 38.2 Å². The molecular formula is C45H58N12O17P2+2. The molecule has 5 aliphatic rings. The number of imidazole rings is 1. The van der Waals surface area contributed by atoms with Crippen molar-refractivity contribution in [1.29, 1.82) is 0 Å². The summed E-state index contributed by atoms with van der Waals surface area (Å²) in [4.78, 5) is 124. The van der Waals surface area contributed by atoms with Crippen LogP contribution in [0.3, 0.4) is 0 Å². The second-order valence-electron chi connectivity index (χ2n) is 19.0. The molecule has 0 radical (unpaired) electrons. The third-order valence-electron chi connectivity index (χ3n) is 13.4. The molecule has 4 fully saturated rings. The standard InChI is InChI=1S/C45H56N12O17P2/c1-23(2)35(51-30(58)9-5-4-6-14-56-32(59)10-11-33(56)60)42(65)50-24(3)40(63)47-18-34(61)55-15-7-8-27(55)41(64)53-45-52-39-36(43(66)54-45)49-22-57(39)44-38-37(62)29(72-44)20-70-75(67)73-28-17-26(71-31-12-13-46-21-48-31)16-25(28)19-69-76(68)74-38/h10-13,21-29,35,37-38,44,62H,4-9,14-20H2,1-3H3,(H3-2,47,50,51,52,53,54,58,63,64,65,66)/p+2/t24-,25+,26+,27+,28-,29+,35-,37+,38+,44+/m0/s1. The number of fused-ring (bicyclic) bond motifs is 4. The number of imide groups is 1. The number of nitrogens with one attached hydrogen (secondary N) is 5. The maximum atomic E-state index is 13.8. The molecule has 6 N–H and O–H groups in total. The zero-order valence-electron chi connectivity index (χ0n) is 41.5. The summed E-state index contributed by atoms with van der Waals surface area (Å²) < 4.78 is 62.3. The minimum absolute atomic E-state index is 0.0904. The molecule has 2 unspecified atom stereocenters. The quantitative estimate of drug-likeness (QED) is 0.0568. The number of carbonyl (C=O) groups excluding carboxylic acids is 7. The minimum atomic E-state index is -2.95. The number of likely N-dealkylation sites (tertiary alicyclic amines) is 1. The van der Waals surface area contributed by atoms with E-state index < -0.39 is 126 Å². The average Bonchev–Trinajstić information content (AvgIpc) is 4.25. The molecule has 3 saturated heterocycles. The molecule has 1 saturated carbocycles. The van der Waals surface area contributed by atoms with Crippen LogP contribution in [0, 0.1) is 11.8 Å². The third-order valence-corrected chi connectivity index (χ3v) is 14.9. The normalized spacial score (nSPS) is 26.6. The Morgan fingerprint density at radius 2 is 1.70 bits per heavy atom. The smallest absolute Gasteiger partial charge is 0.474 e. The number of hydrogen-bond donors (Lipinski definition) is 6. The Hall–Kier alpha value is -6.58. The Labute approximate surface area is 434 Å². The van der Waals surface area contributed by atoms with Gasteiger partial charge in [0.25, 0.3) is 17.4 Å². The number of hydrogen-bond acceptors (Lipinski definition) is 21. The van der Waals surface area contributed by atoms with Gasteiger partial charge in [0.2, 0.25) is 41.4 Å². The molecule has 7 amide bonds. The molecule has 2 bridgehead atoms. The Bertz CT molecular complexity index is 2780. The highest BCUT2D eigenvalue weighted by molar-refractivity contribution is 7.33. The summed E-state index contributed by atoms with van der Waals surface area (Å²) in [6.07, 6.45) is 2.54. The Morgan fingerprint density at radius 1 is 0.934 bits per heavy atom. The minimum Gasteiger partial charge on any atom is -0.474 e. The van der Waals surface area contributed by atoms with Gasteiger partial charge in [-0.05, 0) is 44.9 Å². The van der Waals surface area contributed by atoms with E-state index in [9.17, 15) is 52.6 Å². The van der Waals surface area contributed by atoms with Gasteiger partial charge in [-0.2, -0.15) is 4.98 Å². The van der Waals surface area contributed by atoms with Gasteiger partial charge in [0.05, 0.1) is 12.9 Å². The van der Waals surface area contributed by atoms with E-state index in [-0.39, 0.29) is 73.8 Å². The molecule has 29 nitrogen and oxygen atoms in total. The van der Waals surface area contributed by atoms with Crippen molar-refractivity contribution in [1.82, 2.24) is 55.2 Å². The lowest BCUT2D eigenvalue weighted by Gasteiger charge is -2.25. The van der Waals surface area contributed by atoms with E-state index in [2.05, 4.69) is 46.2 Å². The van der Waals surface area contributed by atoms with Crippen LogP contribution in [0.25, 0.3) is 11.2 Å². The van der Waals surface area contributed by atoms with Crippen molar-refractivity contribution >= 4 is 75.0 Å². The number of aliphatic hydroxyl groups is 1. The molecule has 0 aromatic carbocycles. The lowest BCUT2D eigenvalue weighted by molar-refractivity contribution is -0.137. The number of H-pyrrole nitrogens is 1. The molecule has 12 atom stereocenters. The van der Waals surface area contributed by atoms with Crippen LogP contribution in [0.5, 0.6) is 5.88 Å². The van der Waals surface area contributed by atoms with Gasteiger partial charge < -0.3 is 35.4 Å². The zero-order chi connectivity index (χ0) is 54.2. The number of nitrogens with zero attached hydrogens (tertiary/aromatic N) is 7. The molecule has 4 aliphatic heterocycles. The zero-order valence-corrected chi connectivity index (χ0v) is 43.3. The van der Waals surface area contributed by atoms with Gasteiger partial charge in [0, 0.05) is 65.4 Å².